The second-order valence-corrected chi connectivity index (χ2v) is 6.97. The van der Waals surface area contributed by atoms with Gasteiger partial charge in [0.1, 0.15) is 5.82 Å². The number of anilines is 1. The Bertz CT molecular complexity index is 808. The van der Waals surface area contributed by atoms with E-state index in [0.29, 0.717) is 42.5 Å². The molecule has 0 aromatic carbocycles. The lowest BCUT2D eigenvalue weighted by molar-refractivity contribution is 0.0574. The third-order valence-corrected chi connectivity index (χ3v) is 5.22. The maximum Gasteiger partial charge on any atom is 0.255 e. The average Bonchev–Trinajstić information content (AvgIpc) is 3.00. The maximum atomic E-state index is 12.9. The van der Waals surface area contributed by atoms with Crippen LogP contribution in [0.3, 0.4) is 0 Å². The van der Waals surface area contributed by atoms with E-state index in [9.17, 15) is 9.59 Å². The number of nitrogen functional groups attached to an aromatic ring is 1. The highest BCUT2D eigenvalue weighted by Gasteiger charge is 2.39. The van der Waals surface area contributed by atoms with Gasteiger partial charge in [-0.15, -0.1) is 0 Å². The van der Waals surface area contributed by atoms with E-state index in [1.807, 2.05) is 9.80 Å². The number of amides is 2. The van der Waals surface area contributed by atoms with Gasteiger partial charge in [-0.1, -0.05) is 0 Å². The van der Waals surface area contributed by atoms with E-state index in [4.69, 9.17) is 5.73 Å². The Labute approximate surface area is 151 Å². The fraction of sp³-hybridized carbons (Fsp3) is 0.368. The molecule has 0 spiro atoms. The van der Waals surface area contributed by atoms with Crippen molar-refractivity contribution < 1.29 is 9.59 Å². The number of piperidine rings is 1. The van der Waals surface area contributed by atoms with Crippen LogP contribution in [-0.4, -0.2) is 57.3 Å². The molecule has 0 radical (unpaired) electrons. The van der Waals surface area contributed by atoms with Gasteiger partial charge in [0.2, 0.25) is 0 Å². The van der Waals surface area contributed by atoms with Crippen molar-refractivity contribution >= 4 is 17.6 Å². The van der Waals surface area contributed by atoms with Crippen LogP contribution in [0.5, 0.6) is 0 Å². The monoisotopic (exact) mass is 351 g/mol. The van der Waals surface area contributed by atoms with E-state index >= 15 is 0 Å². The first kappa shape index (κ1) is 16.5. The Morgan fingerprint density at radius 2 is 1.77 bits per heavy atom. The molecule has 134 valence electrons. The molecule has 3 fully saturated rings. The van der Waals surface area contributed by atoms with Crippen LogP contribution in [0.1, 0.15) is 33.6 Å². The average molecular weight is 351 g/mol. The smallest absolute Gasteiger partial charge is 0.255 e. The van der Waals surface area contributed by atoms with Crippen LogP contribution < -0.4 is 5.73 Å². The summed E-state index contributed by atoms with van der Waals surface area (Å²) >= 11 is 0. The third kappa shape index (κ3) is 3.12. The standard InChI is InChI=1S/C19H21N5O2/c20-17-4-2-15(9-22-17)19(26)24-11-13-1-3-16(24)12-23(10-13)18(25)14-5-7-21-8-6-14/h2,4-9,13,16H,1,3,10-12H2,(H2,20,22)/t13-,16+/m0/s1. The number of hydrogen-bond donors (Lipinski definition) is 1. The highest BCUT2D eigenvalue weighted by molar-refractivity contribution is 5.95. The van der Waals surface area contributed by atoms with Crippen LogP contribution in [-0.2, 0) is 0 Å². The lowest BCUT2D eigenvalue weighted by Gasteiger charge is -2.36. The Balaban J connectivity index is 1.54. The molecule has 2 aromatic rings. The number of rotatable bonds is 2. The van der Waals surface area contributed by atoms with Gasteiger partial charge in [-0.05, 0) is 43.0 Å². The molecule has 3 aliphatic heterocycles. The molecule has 0 unspecified atom stereocenters. The van der Waals surface area contributed by atoms with Gasteiger partial charge in [0, 0.05) is 49.8 Å². The first-order chi connectivity index (χ1) is 12.6. The van der Waals surface area contributed by atoms with E-state index in [1.165, 1.54) is 6.20 Å². The van der Waals surface area contributed by atoms with Crippen LogP contribution in [0.25, 0.3) is 0 Å². The van der Waals surface area contributed by atoms with E-state index in [-0.39, 0.29) is 17.9 Å². The second-order valence-electron chi connectivity index (χ2n) is 6.97. The van der Waals surface area contributed by atoms with Gasteiger partial charge in [0.15, 0.2) is 0 Å². The molecule has 5 rings (SSSR count). The Kier molecular flexibility index (Phi) is 4.28. The number of nitrogens with zero attached hydrogens (tertiary/aromatic N) is 4. The van der Waals surface area contributed by atoms with Crippen molar-refractivity contribution in [2.24, 2.45) is 5.92 Å². The molecule has 0 saturated carbocycles. The van der Waals surface area contributed by atoms with Crippen molar-refractivity contribution in [2.45, 2.75) is 18.9 Å². The summed E-state index contributed by atoms with van der Waals surface area (Å²) in [5.74, 6) is 0.663. The van der Waals surface area contributed by atoms with Gasteiger partial charge in [0.05, 0.1) is 5.56 Å². The van der Waals surface area contributed by atoms with Crippen molar-refractivity contribution in [2.75, 3.05) is 25.4 Å². The summed E-state index contributed by atoms with van der Waals surface area (Å²) in [5, 5.41) is 0. The van der Waals surface area contributed by atoms with Crippen molar-refractivity contribution in [3.05, 3.63) is 54.0 Å². The predicted molar refractivity (Wildman–Crippen MR) is 96.3 cm³/mol. The minimum Gasteiger partial charge on any atom is -0.384 e. The summed E-state index contributed by atoms with van der Waals surface area (Å²) in [6.07, 6.45) is 6.73. The molecule has 5 heterocycles. The van der Waals surface area contributed by atoms with E-state index in [0.717, 1.165) is 12.8 Å². The lowest BCUT2D eigenvalue weighted by atomic mass is 9.94. The minimum absolute atomic E-state index is 0.00718. The zero-order valence-electron chi connectivity index (χ0n) is 14.4. The van der Waals surface area contributed by atoms with E-state index < -0.39 is 0 Å². The van der Waals surface area contributed by atoms with Gasteiger partial charge in [0.25, 0.3) is 11.8 Å². The third-order valence-electron chi connectivity index (χ3n) is 5.22. The van der Waals surface area contributed by atoms with Crippen molar-refractivity contribution in [1.82, 2.24) is 19.8 Å². The Morgan fingerprint density at radius 3 is 2.50 bits per heavy atom. The van der Waals surface area contributed by atoms with Crippen LogP contribution >= 0.6 is 0 Å². The van der Waals surface area contributed by atoms with Gasteiger partial charge in [-0.25, -0.2) is 4.98 Å². The number of pyridine rings is 2. The van der Waals surface area contributed by atoms with E-state index in [1.54, 1.807) is 36.7 Å². The molecule has 26 heavy (non-hydrogen) atoms. The number of nitrogens with two attached hydrogens (primary N) is 1. The molecular weight excluding hydrogens is 330 g/mol. The molecule has 2 amide bonds. The summed E-state index contributed by atoms with van der Waals surface area (Å²) in [7, 11) is 0. The van der Waals surface area contributed by atoms with Gasteiger partial charge < -0.3 is 15.5 Å². The molecule has 7 heteroatoms. The number of fused-ring (bicyclic) bond motifs is 4. The Hall–Kier alpha value is -2.96. The second kappa shape index (κ2) is 6.74. The van der Waals surface area contributed by atoms with Crippen LogP contribution in [0.2, 0.25) is 0 Å². The highest BCUT2D eigenvalue weighted by atomic mass is 16.2. The van der Waals surface area contributed by atoms with Crippen molar-refractivity contribution in [3.8, 4) is 0 Å². The molecule has 7 nitrogen and oxygen atoms in total. The molecule has 3 aliphatic rings. The zero-order valence-corrected chi connectivity index (χ0v) is 14.4. The first-order valence-electron chi connectivity index (χ1n) is 8.83. The van der Waals surface area contributed by atoms with Crippen molar-refractivity contribution in [3.63, 3.8) is 0 Å². The fourth-order valence-electron chi connectivity index (χ4n) is 3.87. The highest BCUT2D eigenvalue weighted by Crippen LogP contribution is 2.30. The summed E-state index contributed by atoms with van der Waals surface area (Å²) in [4.78, 5) is 37.5. The molecule has 0 aliphatic carbocycles. The molecule has 2 bridgehead atoms. The predicted octanol–water partition coefficient (Wildman–Crippen LogP) is 1.44. The number of carbonyl (C=O) groups is 2. The zero-order chi connectivity index (χ0) is 18.1. The topological polar surface area (TPSA) is 92.4 Å². The summed E-state index contributed by atoms with van der Waals surface area (Å²) in [6.45, 7) is 1.92. The largest absolute Gasteiger partial charge is 0.384 e. The number of carbonyl (C=O) groups excluding carboxylic acids is 2. The number of aromatic nitrogens is 2. The minimum atomic E-state index is -0.0367. The molecule has 3 saturated heterocycles. The van der Waals surface area contributed by atoms with Crippen LogP contribution in [0, 0.1) is 5.92 Å². The van der Waals surface area contributed by atoms with Gasteiger partial charge >= 0.3 is 0 Å². The fourth-order valence-corrected chi connectivity index (χ4v) is 3.87. The van der Waals surface area contributed by atoms with Gasteiger partial charge in [-0.2, -0.15) is 0 Å². The Morgan fingerprint density at radius 1 is 0.962 bits per heavy atom. The molecule has 2 atom stereocenters. The molecule has 2 N–H and O–H groups in total. The first-order valence-corrected chi connectivity index (χ1v) is 8.83. The van der Waals surface area contributed by atoms with Crippen LogP contribution in [0.4, 0.5) is 5.82 Å². The summed E-state index contributed by atoms with van der Waals surface area (Å²) in [5.41, 5.74) is 6.79. The normalized spacial score (nSPS) is 22.2. The number of hydrogen-bond acceptors (Lipinski definition) is 5. The van der Waals surface area contributed by atoms with E-state index in [2.05, 4.69) is 9.97 Å². The van der Waals surface area contributed by atoms with Gasteiger partial charge in [-0.3, -0.25) is 14.6 Å². The lowest BCUT2D eigenvalue weighted by Crippen LogP contribution is -2.47. The quantitative estimate of drug-likeness (QED) is 0.884. The molecular formula is C19H21N5O2. The van der Waals surface area contributed by atoms with Crippen molar-refractivity contribution in [1.29, 1.82) is 0 Å². The molecule has 2 aromatic heterocycles. The van der Waals surface area contributed by atoms with Crippen LogP contribution in [0.15, 0.2) is 42.9 Å². The SMILES string of the molecule is Nc1ccc(C(=O)N2C[C@H]3CC[C@@H]2CN(C(=O)c2ccncc2)C3)cn1. The summed E-state index contributed by atoms with van der Waals surface area (Å²) in [6, 6.07) is 6.85. The summed E-state index contributed by atoms with van der Waals surface area (Å²) < 4.78 is 0. The maximum absolute atomic E-state index is 12.9.